The van der Waals surface area contributed by atoms with Crippen LogP contribution in [0.15, 0.2) is 0 Å². The van der Waals surface area contributed by atoms with E-state index in [0.29, 0.717) is 6.42 Å². The fourth-order valence-corrected chi connectivity index (χ4v) is 1.55. The van der Waals surface area contributed by atoms with Crippen LogP contribution in [0.5, 0.6) is 0 Å². The summed E-state index contributed by atoms with van der Waals surface area (Å²) < 4.78 is 0. The zero-order chi connectivity index (χ0) is 9.30. The summed E-state index contributed by atoms with van der Waals surface area (Å²) in [4.78, 5) is 0. The van der Waals surface area contributed by atoms with Gasteiger partial charge in [-0.2, -0.15) is 0 Å². The molecule has 0 aromatic heterocycles. The molecule has 0 aliphatic heterocycles. The maximum Gasteiger partial charge on any atom is 0.108 e. The molecule has 1 fully saturated rings. The Morgan fingerprint density at radius 2 is 1.67 bits per heavy atom. The van der Waals surface area contributed by atoms with Crippen molar-refractivity contribution in [2.45, 2.75) is 30.8 Å². The summed E-state index contributed by atoms with van der Waals surface area (Å²) in [5.74, 6) is -0.432. The highest BCUT2D eigenvalue weighted by Crippen LogP contribution is 2.24. The van der Waals surface area contributed by atoms with E-state index in [1.807, 2.05) is 0 Å². The van der Waals surface area contributed by atoms with Gasteiger partial charge in [0.2, 0.25) is 0 Å². The van der Waals surface area contributed by atoms with Gasteiger partial charge in [-0.25, -0.2) is 0 Å². The maximum absolute atomic E-state index is 9.30. The summed E-state index contributed by atoms with van der Waals surface area (Å²) in [6.45, 7) is -0.224. The van der Waals surface area contributed by atoms with Crippen LogP contribution in [0, 0.1) is 5.92 Å². The van der Waals surface area contributed by atoms with E-state index in [-0.39, 0.29) is 6.61 Å². The van der Waals surface area contributed by atoms with Crippen molar-refractivity contribution in [1.82, 2.24) is 0 Å². The first kappa shape index (κ1) is 9.88. The van der Waals surface area contributed by atoms with Crippen LogP contribution in [-0.4, -0.2) is 51.4 Å². The van der Waals surface area contributed by atoms with Crippen molar-refractivity contribution in [1.29, 1.82) is 0 Å². The van der Waals surface area contributed by atoms with Crippen LogP contribution in [-0.2, 0) is 0 Å². The minimum absolute atomic E-state index is 0.224. The average molecular weight is 177 g/mol. The number of aliphatic hydroxyl groups excluding tert-OH is 4. The number of rotatable bonds is 1. The Morgan fingerprint density at radius 3 is 2.17 bits per heavy atom. The molecule has 6 N–H and O–H groups in total. The molecule has 0 radical (unpaired) electrons. The Kier molecular flexibility index (Phi) is 3.03. The summed E-state index contributed by atoms with van der Waals surface area (Å²) in [6.07, 6.45) is -3.09. The van der Waals surface area contributed by atoms with Gasteiger partial charge in [0.05, 0.1) is 12.2 Å². The van der Waals surface area contributed by atoms with Crippen LogP contribution < -0.4 is 5.73 Å². The Bertz CT molecular complexity index is 150. The summed E-state index contributed by atoms with van der Waals surface area (Å²) in [5, 5.41) is 36.5. The lowest BCUT2D eigenvalue weighted by molar-refractivity contribution is -0.125. The van der Waals surface area contributed by atoms with Crippen molar-refractivity contribution >= 4 is 0 Å². The molecular weight excluding hydrogens is 162 g/mol. The molecule has 1 aliphatic carbocycles. The molecule has 0 amide bonds. The molecule has 0 saturated heterocycles. The monoisotopic (exact) mass is 177 g/mol. The lowest BCUT2D eigenvalue weighted by Crippen LogP contribution is -2.57. The largest absolute Gasteiger partial charge is 0.396 e. The highest BCUT2D eigenvalue weighted by molar-refractivity contribution is 4.94. The molecular formula is C7H15NO4. The Morgan fingerprint density at radius 1 is 1.08 bits per heavy atom. The third kappa shape index (κ3) is 1.60. The highest BCUT2D eigenvalue weighted by atomic mass is 16.4. The number of hydrogen-bond acceptors (Lipinski definition) is 5. The smallest absolute Gasteiger partial charge is 0.108 e. The van der Waals surface area contributed by atoms with E-state index in [0.717, 1.165) is 0 Å². The summed E-state index contributed by atoms with van der Waals surface area (Å²) in [5.41, 5.74) is 5.46. The van der Waals surface area contributed by atoms with Gasteiger partial charge >= 0.3 is 0 Å². The Hall–Kier alpha value is -0.200. The summed E-state index contributed by atoms with van der Waals surface area (Å²) in [7, 11) is 0. The number of aliphatic hydroxyl groups is 4. The zero-order valence-electron chi connectivity index (χ0n) is 6.67. The molecule has 12 heavy (non-hydrogen) atoms. The van der Waals surface area contributed by atoms with Gasteiger partial charge in [0.25, 0.3) is 0 Å². The molecule has 1 saturated carbocycles. The minimum atomic E-state index is -1.24. The first-order chi connectivity index (χ1) is 5.57. The highest BCUT2D eigenvalue weighted by Gasteiger charge is 2.40. The van der Waals surface area contributed by atoms with Gasteiger partial charge in [0, 0.05) is 18.6 Å². The van der Waals surface area contributed by atoms with E-state index in [2.05, 4.69) is 0 Å². The second-order valence-corrected chi connectivity index (χ2v) is 3.31. The molecule has 72 valence electrons. The SMILES string of the molecule is NC1CC(CO)C(O)C(O)C1O. The Balaban J connectivity index is 2.63. The molecule has 0 heterocycles. The molecule has 1 rings (SSSR count). The van der Waals surface area contributed by atoms with Crippen LogP contribution >= 0.6 is 0 Å². The van der Waals surface area contributed by atoms with E-state index < -0.39 is 30.3 Å². The first-order valence-electron chi connectivity index (χ1n) is 3.98. The van der Waals surface area contributed by atoms with E-state index in [1.165, 1.54) is 0 Å². The molecule has 5 heteroatoms. The third-order valence-electron chi connectivity index (χ3n) is 2.43. The fraction of sp³-hybridized carbons (Fsp3) is 1.00. The summed E-state index contributed by atoms with van der Waals surface area (Å²) >= 11 is 0. The third-order valence-corrected chi connectivity index (χ3v) is 2.43. The van der Waals surface area contributed by atoms with Crippen molar-refractivity contribution in [2.75, 3.05) is 6.61 Å². The maximum atomic E-state index is 9.30. The van der Waals surface area contributed by atoms with Crippen molar-refractivity contribution in [2.24, 2.45) is 11.7 Å². The number of nitrogens with two attached hydrogens (primary N) is 1. The molecule has 0 spiro atoms. The molecule has 5 unspecified atom stereocenters. The first-order valence-corrected chi connectivity index (χ1v) is 3.98. The van der Waals surface area contributed by atoms with Crippen LogP contribution in [0.25, 0.3) is 0 Å². The quantitative estimate of drug-likeness (QED) is 0.302. The predicted octanol–water partition coefficient (Wildman–Crippen LogP) is -2.59. The van der Waals surface area contributed by atoms with Gasteiger partial charge in [-0.1, -0.05) is 0 Å². The van der Waals surface area contributed by atoms with Gasteiger partial charge in [0.1, 0.15) is 6.10 Å². The minimum Gasteiger partial charge on any atom is -0.396 e. The van der Waals surface area contributed by atoms with Crippen LogP contribution in [0.2, 0.25) is 0 Å². The molecule has 0 bridgehead atoms. The van der Waals surface area contributed by atoms with Crippen LogP contribution in [0.1, 0.15) is 6.42 Å². The van der Waals surface area contributed by atoms with E-state index >= 15 is 0 Å². The second kappa shape index (κ2) is 3.68. The molecule has 1 aliphatic rings. The van der Waals surface area contributed by atoms with Crippen LogP contribution in [0.4, 0.5) is 0 Å². The van der Waals surface area contributed by atoms with Crippen molar-refractivity contribution < 1.29 is 20.4 Å². The molecule has 5 atom stereocenters. The van der Waals surface area contributed by atoms with E-state index in [1.54, 1.807) is 0 Å². The van der Waals surface area contributed by atoms with Gasteiger partial charge in [-0.15, -0.1) is 0 Å². The standard InChI is InChI=1S/C7H15NO4/c8-4-1-3(2-9)5(10)7(12)6(4)11/h3-7,9-12H,1-2,8H2. The predicted molar refractivity (Wildman–Crippen MR) is 41.2 cm³/mol. The summed E-state index contributed by atoms with van der Waals surface area (Å²) in [6, 6.07) is -0.569. The van der Waals surface area contributed by atoms with Gasteiger partial charge in [0.15, 0.2) is 0 Å². The van der Waals surface area contributed by atoms with Gasteiger partial charge in [-0.05, 0) is 6.42 Å². The normalized spacial score (nSPS) is 49.2. The van der Waals surface area contributed by atoms with E-state index in [4.69, 9.17) is 10.8 Å². The van der Waals surface area contributed by atoms with E-state index in [9.17, 15) is 15.3 Å². The average Bonchev–Trinajstić information content (AvgIpc) is 2.08. The number of hydrogen-bond donors (Lipinski definition) is 5. The topological polar surface area (TPSA) is 107 Å². The Labute approximate surface area is 70.4 Å². The fourth-order valence-electron chi connectivity index (χ4n) is 1.55. The molecule has 0 aromatic carbocycles. The van der Waals surface area contributed by atoms with Gasteiger partial charge < -0.3 is 26.2 Å². The van der Waals surface area contributed by atoms with Crippen molar-refractivity contribution in [3.63, 3.8) is 0 Å². The van der Waals surface area contributed by atoms with Crippen molar-refractivity contribution in [3.05, 3.63) is 0 Å². The van der Waals surface area contributed by atoms with Crippen molar-refractivity contribution in [3.8, 4) is 0 Å². The second-order valence-electron chi connectivity index (χ2n) is 3.31. The lowest BCUT2D eigenvalue weighted by Gasteiger charge is -2.38. The van der Waals surface area contributed by atoms with Crippen LogP contribution in [0.3, 0.4) is 0 Å². The van der Waals surface area contributed by atoms with Gasteiger partial charge in [-0.3, -0.25) is 0 Å². The zero-order valence-corrected chi connectivity index (χ0v) is 6.67. The molecule has 5 nitrogen and oxygen atoms in total. The molecule has 0 aromatic rings. The lowest BCUT2D eigenvalue weighted by atomic mass is 9.80.